The highest BCUT2D eigenvalue weighted by Crippen LogP contribution is 2.22. The largest absolute Gasteiger partial charge is 0.508 e. The van der Waals surface area contributed by atoms with Gasteiger partial charge in [0.1, 0.15) is 11.5 Å². The second-order valence-electron chi connectivity index (χ2n) is 5.62. The number of hydrogen-bond donors (Lipinski definition) is 3. The summed E-state index contributed by atoms with van der Waals surface area (Å²) < 4.78 is 3.31. The van der Waals surface area contributed by atoms with Crippen LogP contribution in [0.1, 0.15) is 0 Å². The van der Waals surface area contributed by atoms with Gasteiger partial charge in [0.2, 0.25) is 0 Å². The molecule has 0 amide bonds. The SMILES string of the molecule is CSNCCN(CCSc1ccc(O)cc1)CCSc1ccc(O)cc1. The third-order valence-electron chi connectivity index (χ3n) is 3.70. The number of nitrogens with one attached hydrogen (secondary N) is 1. The van der Waals surface area contributed by atoms with Crippen molar-refractivity contribution >= 4 is 35.5 Å². The first kappa shape index (κ1) is 21.3. The first-order valence-electron chi connectivity index (χ1n) is 8.49. The smallest absolute Gasteiger partial charge is 0.115 e. The maximum absolute atomic E-state index is 9.35. The summed E-state index contributed by atoms with van der Waals surface area (Å²) in [5.41, 5.74) is 0. The van der Waals surface area contributed by atoms with Crippen molar-refractivity contribution in [1.82, 2.24) is 9.62 Å². The average Bonchev–Trinajstić information content (AvgIpc) is 2.65. The summed E-state index contributed by atoms with van der Waals surface area (Å²) in [7, 11) is 0. The van der Waals surface area contributed by atoms with Crippen LogP contribution in [0.4, 0.5) is 0 Å². The van der Waals surface area contributed by atoms with Crippen molar-refractivity contribution in [3.63, 3.8) is 0 Å². The lowest BCUT2D eigenvalue weighted by Gasteiger charge is -2.22. The maximum Gasteiger partial charge on any atom is 0.115 e. The molecule has 0 fully saturated rings. The number of aromatic hydroxyl groups is 2. The summed E-state index contributed by atoms with van der Waals surface area (Å²) in [5.74, 6) is 2.66. The monoisotopic (exact) mass is 410 g/mol. The molecule has 7 heteroatoms. The summed E-state index contributed by atoms with van der Waals surface area (Å²) in [6.07, 6.45) is 2.05. The van der Waals surface area contributed by atoms with Gasteiger partial charge in [-0.25, -0.2) is 0 Å². The molecule has 0 bridgehead atoms. The number of benzene rings is 2. The summed E-state index contributed by atoms with van der Waals surface area (Å²) in [6.45, 7) is 4.04. The van der Waals surface area contributed by atoms with Gasteiger partial charge in [0.15, 0.2) is 0 Å². The Labute approximate surface area is 168 Å². The highest BCUT2D eigenvalue weighted by Gasteiger charge is 2.06. The van der Waals surface area contributed by atoms with E-state index in [4.69, 9.17) is 0 Å². The van der Waals surface area contributed by atoms with Crippen molar-refractivity contribution in [3.8, 4) is 11.5 Å². The second kappa shape index (κ2) is 12.4. The van der Waals surface area contributed by atoms with Gasteiger partial charge in [-0.05, 0) is 54.8 Å². The third-order valence-corrected chi connectivity index (χ3v) is 6.18. The van der Waals surface area contributed by atoms with E-state index in [-0.39, 0.29) is 0 Å². The zero-order chi connectivity index (χ0) is 18.6. The van der Waals surface area contributed by atoms with Crippen molar-refractivity contribution in [2.24, 2.45) is 0 Å². The van der Waals surface area contributed by atoms with E-state index in [0.717, 1.165) is 37.7 Å². The Morgan fingerprint density at radius 1 is 0.769 bits per heavy atom. The molecule has 0 radical (unpaired) electrons. The van der Waals surface area contributed by atoms with Crippen molar-refractivity contribution < 1.29 is 10.2 Å². The van der Waals surface area contributed by atoms with Crippen LogP contribution in [0.3, 0.4) is 0 Å². The van der Waals surface area contributed by atoms with E-state index in [1.54, 1.807) is 36.2 Å². The van der Waals surface area contributed by atoms with Crippen LogP contribution >= 0.6 is 35.5 Å². The molecule has 0 aromatic heterocycles. The van der Waals surface area contributed by atoms with Crippen LogP contribution in [-0.4, -0.2) is 59.1 Å². The predicted octanol–water partition coefficient (Wildman–Crippen LogP) is 4.15. The Kier molecular flexibility index (Phi) is 10.2. The fraction of sp³-hybridized carbons (Fsp3) is 0.368. The first-order valence-corrected chi connectivity index (χ1v) is 11.7. The van der Waals surface area contributed by atoms with Crippen LogP contribution in [0.15, 0.2) is 58.3 Å². The standard InChI is InChI=1S/C19H26N2O2S3/c1-24-20-10-11-21(12-14-25-18-6-2-16(22)3-7-18)13-15-26-19-8-4-17(23)5-9-19/h2-9,20,22-23H,10-15H2,1H3. The van der Waals surface area contributed by atoms with E-state index in [9.17, 15) is 10.2 Å². The fourth-order valence-electron chi connectivity index (χ4n) is 2.31. The molecule has 26 heavy (non-hydrogen) atoms. The first-order chi connectivity index (χ1) is 12.7. The Bertz CT molecular complexity index is 572. The molecule has 0 aliphatic rings. The molecule has 0 spiro atoms. The van der Waals surface area contributed by atoms with Crippen LogP contribution in [0, 0.1) is 0 Å². The molecule has 2 aromatic rings. The highest BCUT2D eigenvalue weighted by molar-refractivity contribution is 7.99. The molecule has 4 nitrogen and oxygen atoms in total. The van der Waals surface area contributed by atoms with Crippen LogP contribution in [-0.2, 0) is 0 Å². The highest BCUT2D eigenvalue weighted by atomic mass is 32.2. The Hall–Kier alpha value is -0.990. The second-order valence-corrected chi connectivity index (χ2v) is 8.66. The van der Waals surface area contributed by atoms with Gasteiger partial charge in [0.05, 0.1) is 0 Å². The summed E-state index contributed by atoms with van der Waals surface area (Å²) in [6, 6.07) is 14.8. The van der Waals surface area contributed by atoms with Crippen LogP contribution in [0.25, 0.3) is 0 Å². The van der Waals surface area contributed by atoms with Crippen molar-refractivity contribution in [1.29, 1.82) is 0 Å². The Morgan fingerprint density at radius 2 is 1.23 bits per heavy atom. The molecule has 0 atom stereocenters. The molecule has 0 saturated carbocycles. The van der Waals surface area contributed by atoms with Gasteiger partial charge in [-0.2, -0.15) is 0 Å². The van der Waals surface area contributed by atoms with Gasteiger partial charge in [-0.1, -0.05) is 11.9 Å². The average molecular weight is 411 g/mol. The van der Waals surface area contributed by atoms with Crippen molar-refractivity contribution in [2.75, 3.05) is 43.9 Å². The predicted molar refractivity (Wildman–Crippen MR) is 116 cm³/mol. The quantitative estimate of drug-likeness (QED) is 0.276. The maximum atomic E-state index is 9.35. The minimum atomic E-state index is 0.311. The van der Waals surface area contributed by atoms with Crippen molar-refractivity contribution in [2.45, 2.75) is 9.79 Å². The van der Waals surface area contributed by atoms with Crippen molar-refractivity contribution in [3.05, 3.63) is 48.5 Å². The molecule has 0 unspecified atom stereocenters. The number of phenolic OH excluding ortho intramolecular Hbond substituents is 2. The molecule has 0 heterocycles. The van der Waals surface area contributed by atoms with E-state index in [1.165, 1.54) is 9.79 Å². The van der Waals surface area contributed by atoms with E-state index < -0.39 is 0 Å². The van der Waals surface area contributed by atoms with E-state index in [0.29, 0.717) is 11.5 Å². The van der Waals surface area contributed by atoms with Gasteiger partial charge < -0.3 is 15.1 Å². The molecular formula is C19H26N2O2S3. The molecule has 0 saturated heterocycles. The summed E-state index contributed by atoms with van der Waals surface area (Å²) in [5, 5.41) is 18.7. The molecule has 142 valence electrons. The number of rotatable bonds is 12. The van der Waals surface area contributed by atoms with Gasteiger partial charge in [-0.15, -0.1) is 23.5 Å². The minimum Gasteiger partial charge on any atom is -0.508 e. The number of phenols is 2. The summed E-state index contributed by atoms with van der Waals surface area (Å²) >= 11 is 5.28. The lowest BCUT2D eigenvalue weighted by atomic mass is 10.3. The molecule has 0 aliphatic heterocycles. The topological polar surface area (TPSA) is 55.7 Å². The van der Waals surface area contributed by atoms with Crippen LogP contribution in [0.2, 0.25) is 0 Å². The summed E-state index contributed by atoms with van der Waals surface area (Å²) in [4.78, 5) is 4.84. The minimum absolute atomic E-state index is 0.311. The Morgan fingerprint density at radius 3 is 1.65 bits per heavy atom. The normalized spacial score (nSPS) is 11.2. The number of hydrogen-bond acceptors (Lipinski definition) is 7. The van der Waals surface area contributed by atoms with Gasteiger partial charge in [0, 0.05) is 47.5 Å². The third kappa shape index (κ3) is 8.60. The molecule has 0 aliphatic carbocycles. The van der Waals surface area contributed by atoms with Gasteiger partial charge >= 0.3 is 0 Å². The lowest BCUT2D eigenvalue weighted by Crippen LogP contribution is -2.33. The molecule has 2 rings (SSSR count). The zero-order valence-electron chi connectivity index (χ0n) is 14.9. The van der Waals surface area contributed by atoms with E-state index in [1.807, 2.05) is 54.0 Å². The van der Waals surface area contributed by atoms with Gasteiger partial charge in [-0.3, -0.25) is 4.72 Å². The zero-order valence-corrected chi connectivity index (χ0v) is 17.4. The lowest BCUT2D eigenvalue weighted by molar-refractivity contribution is 0.315. The number of thioether (sulfide) groups is 2. The molecule has 3 N–H and O–H groups in total. The van der Waals surface area contributed by atoms with E-state index in [2.05, 4.69) is 9.62 Å². The fourth-order valence-corrected chi connectivity index (χ4v) is 4.43. The Balaban J connectivity index is 1.74. The van der Waals surface area contributed by atoms with E-state index >= 15 is 0 Å². The van der Waals surface area contributed by atoms with Gasteiger partial charge in [0.25, 0.3) is 0 Å². The van der Waals surface area contributed by atoms with Crippen LogP contribution < -0.4 is 4.72 Å². The molecular weight excluding hydrogens is 384 g/mol. The number of nitrogens with zero attached hydrogens (tertiary/aromatic N) is 1. The van der Waals surface area contributed by atoms with Crippen LogP contribution in [0.5, 0.6) is 11.5 Å². The molecule has 2 aromatic carbocycles.